The molecule has 0 radical (unpaired) electrons. The molecule has 0 aliphatic heterocycles. The molecule has 130 valence electrons. The summed E-state index contributed by atoms with van der Waals surface area (Å²) in [5.74, 6) is -0.969. The molecule has 0 spiro atoms. The minimum Gasteiger partial charge on any atom is -0.481 e. The monoisotopic (exact) mass is 339 g/mol. The van der Waals surface area contributed by atoms with Crippen molar-refractivity contribution in [3.05, 3.63) is 59.7 Å². The second-order valence-electron chi connectivity index (χ2n) is 5.79. The van der Waals surface area contributed by atoms with Gasteiger partial charge >= 0.3 is 5.97 Å². The van der Waals surface area contributed by atoms with E-state index in [4.69, 9.17) is 16.2 Å². The summed E-state index contributed by atoms with van der Waals surface area (Å²) in [5.41, 5.74) is 8.60. The van der Waals surface area contributed by atoms with Gasteiger partial charge in [-0.25, -0.2) is 0 Å². The van der Waals surface area contributed by atoms with Crippen LogP contribution >= 0.6 is 0 Å². The lowest BCUT2D eigenvalue weighted by Gasteiger charge is -2.17. The van der Waals surface area contributed by atoms with Crippen LogP contribution in [0.4, 0.5) is 0 Å². The van der Waals surface area contributed by atoms with Crippen LogP contribution in [0.5, 0.6) is 0 Å². The highest BCUT2D eigenvalue weighted by Crippen LogP contribution is 2.21. The molecular formula is C19H21N3O3. The number of amides is 1. The van der Waals surface area contributed by atoms with Crippen molar-refractivity contribution in [3.8, 4) is 11.1 Å². The van der Waals surface area contributed by atoms with Crippen molar-refractivity contribution >= 4 is 17.7 Å². The Morgan fingerprint density at radius 2 is 1.48 bits per heavy atom. The van der Waals surface area contributed by atoms with Crippen LogP contribution < -0.4 is 5.73 Å². The summed E-state index contributed by atoms with van der Waals surface area (Å²) in [7, 11) is 1.67. The molecule has 0 heterocycles. The van der Waals surface area contributed by atoms with Crippen molar-refractivity contribution in [1.29, 1.82) is 5.41 Å². The van der Waals surface area contributed by atoms with Gasteiger partial charge in [0.1, 0.15) is 5.84 Å². The van der Waals surface area contributed by atoms with Crippen LogP contribution in [-0.2, 0) is 4.79 Å². The fraction of sp³-hybridized carbons (Fsp3) is 0.211. The van der Waals surface area contributed by atoms with Crippen LogP contribution in [0.25, 0.3) is 11.1 Å². The van der Waals surface area contributed by atoms with E-state index in [1.54, 1.807) is 31.3 Å². The van der Waals surface area contributed by atoms with Crippen molar-refractivity contribution in [2.75, 3.05) is 13.6 Å². The largest absolute Gasteiger partial charge is 0.481 e. The number of rotatable bonds is 7. The number of carbonyl (C=O) groups is 2. The van der Waals surface area contributed by atoms with E-state index in [2.05, 4.69) is 0 Å². The van der Waals surface area contributed by atoms with E-state index in [9.17, 15) is 9.59 Å². The standard InChI is InChI=1S/C19H21N3O3/c1-22(12-2-3-17(23)24)19(25)16-10-6-14(7-11-16)13-4-8-15(9-5-13)18(20)21/h4-11H,2-3,12H2,1H3,(H3,20,21)(H,23,24). The van der Waals surface area contributed by atoms with Gasteiger partial charge in [0.2, 0.25) is 0 Å². The Hall–Kier alpha value is -3.15. The molecule has 0 fully saturated rings. The Balaban J connectivity index is 2.04. The number of hydrogen-bond donors (Lipinski definition) is 3. The summed E-state index contributed by atoms with van der Waals surface area (Å²) in [5, 5.41) is 16.0. The van der Waals surface area contributed by atoms with E-state index >= 15 is 0 Å². The number of carboxylic acids is 1. The number of nitrogen functional groups attached to an aromatic ring is 1. The quantitative estimate of drug-likeness (QED) is 0.532. The van der Waals surface area contributed by atoms with Crippen molar-refractivity contribution < 1.29 is 14.7 Å². The van der Waals surface area contributed by atoms with Crippen molar-refractivity contribution in [2.24, 2.45) is 5.73 Å². The molecule has 0 bridgehead atoms. The van der Waals surface area contributed by atoms with Gasteiger partial charge in [-0.05, 0) is 29.7 Å². The first kappa shape index (κ1) is 18.2. The summed E-state index contributed by atoms with van der Waals surface area (Å²) in [6.07, 6.45) is 0.477. The number of aliphatic carboxylic acids is 1. The third-order valence-electron chi connectivity index (χ3n) is 3.89. The number of nitrogens with two attached hydrogens (primary N) is 1. The van der Waals surface area contributed by atoms with Gasteiger partial charge in [-0.3, -0.25) is 15.0 Å². The Morgan fingerprint density at radius 3 is 1.92 bits per heavy atom. The number of amidine groups is 1. The Labute approximate surface area is 146 Å². The fourth-order valence-electron chi connectivity index (χ4n) is 2.44. The molecule has 25 heavy (non-hydrogen) atoms. The maximum Gasteiger partial charge on any atom is 0.303 e. The zero-order valence-corrected chi connectivity index (χ0v) is 14.0. The zero-order valence-electron chi connectivity index (χ0n) is 14.0. The number of carboxylic acid groups (broad SMARTS) is 1. The fourth-order valence-corrected chi connectivity index (χ4v) is 2.44. The molecule has 0 saturated carbocycles. The van der Waals surface area contributed by atoms with Crippen LogP contribution in [0.3, 0.4) is 0 Å². The molecule has 6 nitrogen and oxygen atoms in total. The third kappa shape index (κ3) is 4.91. The predicted octanol–water partition coefficient (Wildman–Crippen LogP) is 2.57. The maximum absolute atomic E-state index is 12.3. The molecule has 2 rings (SSSR count). The lowest BCUT2D eigenvalue weighted by atomic mass is 10.0. The number of benzene rings is 2. The minimum atomic E-state index is -0.860. The average molecular weight is 339 g/mol. The second-order valence-corrected chi connectivity index (χ2v) is 5.79. The number of carbonyl (C=O) groups excluding carboxylic acids is 1. The van der Waals surface area contributed by atoms with Gasteiger partial charge < -0.3 is 15.7 Å². The minimum absolute atomic E-state index is 0.0263. The molecule has 0 atom stereocenters. The molecule has 2 aromatic rings. The summed E-state index contributed by atoms with van der Waals surface area (Å²) in [4.78, 5) is 24.4. The van der Waals surface area contributed by atoms with Gasteiger partial charge in [0.05, 0.1) is 0 Å². The number of nitrogens with zero attached hydrogens (tertiary/aromatic N) is 1. The highest BCUT2D eigenvalue weighted by atomic mass is 16.4. The van der Waals surface area contributed by atoms with Crippen molar-refractivity contribution in [1.82, 2.24) is 4.90 Å². The molecule has 0 aliphatic rings. The summed E-state index contributed by atoms with van der Waals surface area (Å²) in [6, 6.07) is 14.6. The van der Waals surface area contributed by atoms with Crippen LogP contribution in [-0.4, -0.2) is 41.3 Å². The summed E-state index contributed by atoms with van der Waals surface area (Å²) >= 11 is 0. The average Bonchev–Trinajstić information content (AvgIpc) is 2.61. The first-order valence-electron chi connectivity index (χ1n) is 7.90. The molecule has 0 aliphatic carbocycles. The number of nitrogens with one attached hydrogen (secondary N) is 1. The first-order valence-corrected chi connectivity index (χ1v) is 7.90. The van der Waals surface area contributed by atoms with Crippen LogP contribution in [0, 0.1) is 5.41 Å². The van der Waals surface area contributed by atoms with E-state index < -0.39 is 5.97 Å². The summed E-state index contributed by atoms with van der Waals surface area (Å²) < 4.78 is 0. The van der Waals surface area contributed by atoms with Gasteiger partial charge in [-0.2, -0.15) is 0 Å². The lowest BCUT2D eigenvalue weighted by Crippen LogP contribution is -2.28. The predicted molar refractivity (Wildman–Crippen MR) is 96.7 cm³/mol. The molecule has 1 amide bonds. The smallest absolute Gasteiger partial charge is 0.303 e. The van der Waals surface area contributed by atoms with Gasteiger partial charge in [0.15, 0.2) is 0 Å². The Bertz CT molecular complexity index is 768. The highest BCUT2D eigenvalue weighted by molar-refractivity contribution is 5.96. The lowest BCUT2D eigenvalue weighted by molar-refractivity contribution is -0.137. The van der Waals surface area contributed by atoms with Crippen LogP contribution in [0.2, 0.25) is 0 Å². The second kappa shape index (κ2) is 8.10. The third-order valence-corrected chi connectivity index (χ3v) is 3.89. The Morgan fingerprint density at radius 1 is 1.00 bits per heavy atom. The number of hydrogen-bond acceptors (Lipinski definition) is 3. The summed E-state index contributed by atoms with van der Waals surface area (Å²) in [6.45, 7) is 0.402. The highest BCUT2D eigenvalue weighted by Gasteiger charge is 2.12. The molecule has 0 saturated heterocycles. The van der Waals surface area contributed by atoms with E-state index in [0.717, 1.165) is 11.1 Å². The molecule has 0 aromatic heterocycles. The van der Waals surface area contributed by atoms with Crippen LogP contribution in [0.15, 0.2) is 48.5 Å². The van der Waals surface area contributed by atoms with Gasteiger partial charge in [0, 0.05) is 31.1 Å². The molecule has 6 heteroatoms. The topological polar surface area (TPSA) is 107 Å². The van der Waals surface area contributed by atoms with Gasteiger partial charge in [-0.15, -0.1) is 0 Å². The first-order chi connectivity index (χ1) is 11.9. The van der Waals surface area contributed by atoms with E-state index in [1.807, 2.05) is 24.3 Å². The van der Waals surface area contributed by atoms with E-state index in [1.165, 1.54) is 4.90 Å². The van der Waals surface area contributed by atoms with E-state index in [0.29, 0.717) is 24.1 Å². The van der Waals surface area contributed by atoms with Crippen LogP contribution in [0.1, 0.15) is 28.8 Å². The normalized spacial score (nSPS) is 10.3. The van der Waals surface area contributed by atoms with Crippen molar-refractivity contribution in [3.63, 3.8) is 0 Å². The van der Waals surface area contributed by atoms with Gasteiger partial charge in [0.25, 0.3) is 5.91 Å². The van der Waals surface area contributed by atoms with Gasteiger partial charge in [-0.1, -0.05) is 36.4 Å². The SMILES string of the molecule is CN(CCCC(=O)O)C(=O)c1ccc(-c2ccc(C(=N)N)cc2)cc1. The van der Waals surface area contributed by atoms with Crippen molar-refractivity contribution in [2.45, 2.75) is 12.8 Å². The zero-order chi connectivity index (χ0) is 18.4. The van der Waals surface area contributed by atoms with E-state index in [-0.39, 0.29) is 18.2 Å². The molecule has 0 unspecified atom stereocenters. The molecular weight excluding hydrogens is 318 g/mol. The molecule has 2 aromatic carbocycles. The maximum atomic E-state index is 12.3. The Kier molecular flexibility index (Phi) is 5.89. The molecule has 4 N–H and O–H groups in total.